The van der Waals surface area contributed by atoms with Crippen LogP contribution in [0.25, 0.3) is 0 Å². The van der Waals surface area contributed by atoms with Gasteiger partial charge in [-0.25, -0.2) is 14.8 Å². The van der Waals surface area contributed by atoms with Gasteiger partial charge in [0.25, 0.3) is 0 Å². The quantitative estimate of drug-likeness (QED) is 0.0262. The second kappa shape index (κ2) is 24.7. The van der Waals surface area contributed by atoms with E-state index in [-0.39, 0.29) is 35.6 Å². The predicted molar refractivity (Wildman–Crippen MR) is 270 cm³/mol. The highest BCUT2D eigenvalue weighted by Gasteiger charge is 2.58. The number of aromatic amines is 1. The first-order valence-corrected chi connectivity index (χ1v) is 23.7. The van der Waals surface area contributed by atoms with Crippen molar-refractivity contribution in [3.63, 3.8) is 0 Å². The number of alkyl halides is 4. The highest BCUT2D eigenvalue weighted by atomic mass is 35.5. The number of methoxy groups -OCH3 is 1. The first-order chi connectivity index (χ1) is 33.5. The van der Waals surface area contributed by atoms with Gasteiger partial charge in [-0.1, -0.05) is 121 Å². The molecule has 2 heterocycles. The van der Waals surface area contributed by atoms with Crippen molar-refractivity contribution in [2.24, 2.45) is 15.7 Å². The molecule has 3 N–H and O–H groups in total. The van der Waals surface area contributed by atoms with Gasteiger partial charge < -0.3 is 24.6 Å². The van der Waals surface area contributed by atoms with Crippen LogP contribution in [0, 0.1) is 10.2 Å². The molecule has 7 rings (SSSR count). The minimum Gasteiger partial charge on any atom is -0.464 e. The van der Waals surface area contributed by atoms with Crippen molar-refractivity contribution in [3.05, 3.63) is 164 Å². The number of hydrogen-bond acceptors (Lipinski definition) is 12. The van der Waals surface area contributed by atoms with Crippen molar-refractivity contribution >= 4 is 64.4 Å². The predicted octanol–water partition coefficient (Wildman–Crippen LogP) is 10.9. The van der Waals surface area contributed by atoms with Crippen molar-refractivity contribution < 1.29 is 42.6 Å². The molecule has 0 saturated heterocycles. The Morgan fingerprint density at radius 3 is 2.17 bits per heavy atom. The summed E-state index contributed by atoms with van der Waals surface area (Å²) < 4.78 is 47.0. The molecule has 1 saturated carbocycles. The van der Waals surface area contributed by atoms with E-state index in [0.717, 1.165) is 42.0 Å². The van der Waals surface area contributed by atoms with Crippen molar-refractivity contribution in [1.29, 1.82) is 0 Å². The number of rotatable bonds is 17. The molecule has 71 heavy (non-hydrogen) atoms. The van der Waals surface area contributed by atoms with E-state index >= 15 is 0 Å². The van der Waals surface area contributed by atoms with Crippen LogP contribution in [0.4, 0.5) is 13.2 Å². The Bertz CT molecular complexity index is 2800. The Kier molecular flexibility index (Phi) is 19.6. The van der Waals surface area contributed by atoms with E-state index in [4.69, 9.17) is 61.4 Å². The lowest BCUT2D eigenvalue weighted by Crippen LogP contribution is -2.47. The van der Waals surface area contributed by atoms with Crippen LogP contribution in [0.3, 0.4) is 0 Å². The van der Waals surface area contributed by atoms with E-state index in [0.29, 0.717) is 40.3 Å². The van der Waals surface area contributed by atoms with E-state index < -0.39 is 33.8 Å². The molecule has 4 aromatic carbocycles. The zero-order valence-electron chi connectivity index (χ0n) is 40.0. The molecule has 6 aromatic rings. The van der Waals surface area contributed by atoms with Crippen LogP contribution in [-0.4, -0.2) is 87.4 Å². The Morgan fingerprint density at radius 2 is 1.59 bits per heavy atom. The van der Waals surface area contributed by atoms with Crippen molar-refractivity contribution in [1.82, 2.24) is 29.5 Å². The van der Waals surface area contributed by atoms with Gasteiger partial charge in [0.15, 0.2) is 5.71 Å². The van der Waals surface area contributed by atoms with E-state index in [2.05, 4.69) is 30.5 Å². The van der Waals surface area contributed by atoms with E-state index in [9.17, 15) is 28.2 Å². The number of halogens is 6. The SMILES string of the molecule is CC(C)(C)C(O)(CCc1ccc(Cl)cc1)Cn1cncn1.CO/N=C(/C(=O)OC)c1ccccc1CO/N=C(\C)c1cccc(C(F)(F)F)c1.OC(Cc1ccccc1Cl)(Cn1[nH]cnc1=S)C1(Cl)CC1. The lowest BCUT2D eigenvalue weighted by molar-refractivity contribution is -0.137. The second-order valence-electron chi connectivity index (χ2n) is 17.8. The molecule has 0 amide bonds. The number of carbonyl (C=O) groups excluding carboxylic acids is 1. The fraction of sp³-hybridized carbons (Fsp3) is 0.380. The number of esters is 1. The lowest BCUT2D eigenvalue weighted by atomic mass is 9.73. The smallest absolute Gasteiger partial charge is 0.416 e. The summed E-state index contributed by atoms with van der Waals surface area (Å²) in [7, 11) is 2.51. The summed E-state index contributed by atoms with van der Waals surface area (Å²) >= 11 is 23.8. The number of ether oxygens (including phenoxy) is 1. The Hall–Kier alpha value is -5.63. The second-order valence-corrected chi connectivity index (χ2v) is 19.8. The molecule has 2 atom stereocenters. The van der Waals surface area contributed by atoms with Crippen molar-refractivity contribution in [3.8, 4) is 0 Å². The molecule has 21 heteroatoms. The zero-order chi connectivity index (χ0) is 52.0. The molecule has 0 aliphatic heterocycles. The van der Waals surface area contributed by atoms with Crippen LogP contribution in [0.1, 0.15) is 80.3 Å². The van der Waals surface area contributed by atoms with Crippen LogP contribution in [0.15, 0.2) is 126 Å². The van der Waals surface area contributed by atoms with Gasteiger partial charge in [0.2, 0.25) is 4.77 Å². The number of nitrogens with zero attached hydrogens (tertiary/aromatic N) is 7. The maximum Gasteiger partial charge on any atom is 0.416 e. The van der Waals surface area contributed by atoms with Gasteiger partial charge >= 0.3 is 12.1 Å². The molecular weight excluding hydrogens is 1000 g/mol. The molecule has 1 aliphatic carbocycles. The van der Waals surface area contributed by atoms with Crippen LogP contribution in [-0.2, 0) is 57.9 Å². The van der Waals surface area contributed by atoms with Gasteiger partial charge in [-0.3, -0.25) is 14.5 Å². The van der Waals surface area contributed by atoms with E-state index in [1.54, 1.807) is 40.0 Å². The molecular formula is C50H56Cl3F3N8O6S. The number of benzene rings is 4. The summed E-state index contributed by atoms with van der Waals surface area (Å²) in [5.41, 5.74) is 0.510. The maximum atomic E-state index is 12.9. The van der Waals surface area contributed by atoms with Gasteiger partial charge in [0, 0.05) is 27.6 Å². The molecule has 380 valence electrons. The van der Waals surface area contributed by atoms with Gasteiger partial charge in [-0.2, -0.15) is 18.3 Å². The molecule has 1 fully saturated rings. The molecule has 2 aromatic heterocycles. The van der Waals surface area contributed by atoms with Gasteiger partial charge in [-0.05, 0) is 97.3 Å². The molecule has 0 radical (unpaired) electrons. The zero-order valence-corrected chi connectivity index (χ0v) is 43.0. The Morgan fingerprint density at radius 1 is 0.915 bits per heavy atom. The van der Waals surface area contributed by atoms with E-state index in [1.165, 1.54) is 51.5 Å². The highest BCUT2D eigenvalue weighted by molar-refractivity contribution is 7.71. The molecule has 0 bridgehead atoms. The average Bonchev–Trinajstić information content (AvgIpc) is 3.67. The monoisotopic (exact) mass is 1060 g/mol. The van der Waals surface area contributed by atoms with E-state index in [1.807, 2.05) is 69.3 Å². The minimum atomic E-state index is -4.44. The number of aromatic nitrogens is 6. The first kappa shape index (κ1) is 56.3. The molecule has 1 aliphatic rings. The van der Waals surface area contributed by atoms with Gasteiger partial charge in [-0.15, -0.1) is 11.6 Å². The third-order valence-corrected chi connectivity index (χ3v) is 13.6. The number of oxime groups is 2. The summed E-state index contributed by atoms with van der Waals surface area (Å²) in [6, 6.07) is 26.8. The topological polar surface area (TPSA) is 174 Å². The summed E-state index contributed by atoms with van der Waals surface area (Å²) in [5.74, 6) is -0.692. The summed E-state index contributed by atoms with van der Waals surface area (Å²) in [6.07, 6.45) is 3.55. The van der Waals surface area contributed by atoms with Crippen LogP contribution in [0.5, 0.6) is 0 Å². The first-order valence-electron chi connectivity index (χ1n) is 22.2. The highest BCUT2D eigenvalue weighted by Crippen LogP contribution is 2.53. The van der Waals surface area contributed by atoms with Gasteiger partial charge in [0.1, 0.15) is 38.3 Å². The fourth-order valence-corrected chi connectivity index (χ4v) is 7.97. The largest absolute Gasteiger partial charge is 0.464 e. The third kappa shape index (κ3) is 15.7. The number of carbonyl (C=O) groups is 1. The summed E-state index contributed by atoms with van der Waals surface area (Å²) in [5, 5.41) is 38.3. The van der Waals surface area contributed by atoms with Crippen molar-refractivity contribution in [2.75, 3.05) is 14.2 Å². The molecule has 14 nitrogen and oxygen atoms in total. The maximum absolute atomic E-state index is 12.9. The van der Waals surface area contributed by atoms with Crippen LogP contribution < -0.4 is 0 Å². The normalized spacial score (nSPS) is 15.2. The van der Waals surface area contributed by atoms with Gasteiger partial charge in [0.05, 0.1) is 41.9 Å². The Labute approximate surface area is 430 Å². The molecule has 2 unspecified atom stereocenters. The number of hydrogen-bond donors (Lipinski definition) is 3. The standard InChI is InChI=1S/C20H19F3N2O4.C16H22ClN3O.C14H15Cl2N3OS/c1-13(14-8-6-9-16(11-14)20(21,22)23)24-29-12-15-7-4-5-10-17(15)18(25-28-3)19(26)27-2;1-15(2,3)16(21,10-20-12-18-11-19-20)9-8-13-4-6-14(17)7-5-13;15-11-4-2-1-3-10(11)7-14(20,13(16)5-6-13)8-19-12(21)17-9-18-19/h4-11H,12H2,1-3H3;4-7,11-12,21H,8-10H2,1-3H3;1-4,9,20H,5-8H2,(H,17,18,21)/b24-13+,25-18+;;. The summed E-state index contributed by atoms with van der Waals surface area (Å²) in [6.45, 7) is 8.33. The Balaban J connectivity index is 0.000000202. The number of nitrogens with one attached hydrogen (secondary N) is 1. The molecule has 0 spiro atoms. The summed E-state index contributed by atoms with van der Waals surface area (Å²) in [4.78, 5) is 29.2. The fourth-order valence-electron chi connectivity index (χ4n) is 7.25. The van der Waals surface area contributed by atoms with Crippen molar-refractivity contribution in [2.45, 2.75) is 102 Å². The third-order valence-electron chi connectivity index (χ3n) is 11.9. The number of aliphatic hydroxyl groups is 2. The number of H-pyrrole nitrogens is 1. The lowest BCUT2D eigenvalue weighted by Gasteiger charge is -2.40. The number of aryl methyl sites for hydroxylation is 1. The van der Waals surface area contributed by atoms with Crippen LogP contribution >= 0.6 is 47.0 Å². The minimum absolute atomic E-state index is 0.0484. The van der Waals surface area contributed by atoms with Crippen LogP contribution in [0.2, 0.25) is 10.0 Å². The average molecular weight is 1060 g/mol.